The maximum Gasteiger partial charge on any atom is 0.258 e. The van der Waals surface area contributed by atoms with Gasteiger partial charge in [0.1, 0.15) is 5.75 Å². The second-order valence-corrected chi connectivity index (χ2v) is 6.49. The highest BCUT2D eigenvalue weighted by Gasteiger charge is 2.15. The van der Waals surface area contributed by atoms with Crippen LogP contribution in [0.2, 0.25) is 0 Å². The van der Waals surface area contributed by atoms with Gasteiger partial charge in [0.15, 0.2) is 6.61 Å². The quantitative estimate of drug-likeness (QED) is 0.729. The molecule has 7 heteroatoms. The fourth-order valence-corrected chi connectivity index (χ4v) is 2.39. The summed E-state index contributed by atoms with van der Waals surface area (Å²) in [5.41, 5.74) is 2.70. The number of carbonyl (C=O) groups excluding carboxylic acids is 3. The van der Waals surface area contributed by atoms with Crippen molar-refractivity contribution in [2.75, 3.05) is 32.1 Å². The van der Waals surface area contributed by atoms with E-state index < -0.39 is 5.91 Å². The van der Waals surface area contributed by atoms with Crippen molar-refractivity contribution in [2.45, 2.75) is 13.8 Å². The Morgan fingerprint density at radius 2 is 1.71 bits per heavy atom. The lowest BCUT2D eigenvalue weighted by Crippen LogP contribution is -2.42. The lowest BCUT2D eigenvalue weighted by molar-refractivity contribution is -0.134. The largest absolute Gasteiger partial charge is 0.484 e. The first-order valence-electron chi connectivity index (χ1n) is 8.91. The predicted molar refractivity (Wildman–Crippen MR) is 107 cm³/mol. The van der Waals surface area contributed by atoms with Gasteiger partial charge in [-0.2, -0.15) is 0 Å². The minimum atomic E-state index is -0.412. The molecule has 0 bridgehead atoms. The van der Waals surface area contributed by atoms with E-state index in [2.05, 4.69) is 10.6 Å². The number of ether oxygens (including phenoxy) is 1. The molecule has 0 aliphatic heterocycles. The Morgan fingerprint density at radius 1 is 1.00 bits per heavy atom. The number of carbonyl (C=O) groups is 3. The number of para-hydroxylation sites is 1. The molecule has 2 aromatic rings. The first-order chi connectivity index (χ1) is 13.3. The lowest BCUT2D eigenvalue weighted by Gasteiger charge is -2.18. The number of hydrogen-bond donors (Lipinski definition) is 2. The van der Waals surface area contributed by atoms with Crippen LogP contribution < -0.4 is 15.4 Å². The third kappa shape index (κ3) is 6.75. The van der Waals surface area contributed by atoms with Crippen molar-refractivity contribution in [2.24, 2.45) is 0 Å². The highest BCUT2D eigenvalue weighted by Crippen LogP contribution is 2.16. The molecule has 0 heterocycles. The third-order valence-corrected chi connectivity index (χ3v) is 4.02. The molecule has 0 spiro atoms. The first kappa shape index (κ1) is 21.0. The van der Waals surface area contributed by atoms with Gasteiger partial charge in [0.05, 0.1) is 13.1 Å². The summed E-state index contributed by atoms with van der Waals surface area (Å²) in [7, 11) is 1.51. The van der Waals surface area contributed by atoms with Gasteiger partial charge < -0.3 is 20.3 Å². The van der Waals surface area contributed by atoms with Crippen molar-refractivity contribution < 1.29 is 19.1 Å². The van der Waals surface area contributed by atoms with Crippen molar-refractivity contribution in [3.63, 3.8) is 0 Å². The van der Waals surface area contributed by atoms with Gasteiger partial charge in [0.25, 0.3) is 5.91 Å². The molecule has 0 radical (unpaired) electrons. The molecule has 2 aromatic carbocycles. The summed E-state index contributed by atoms with van der Waals surface area (Å²) < 4.78 is 5.31. The Morgan fingerprint density at radius 3 is 2.43 bits per heavy atom. The summed E-state index contributed by atoms with van der Waals surface area (Å²) in [5.74, 6) is -0.512. The third-order valence-electron chi connectivity index (χ3n) is 4.02. The number of nitrogens with zero attached hydrogens (tertiary/aromatic N) is 1. The second-order valence-electron chi connectivity index (χ2n) is 6.49. The Balaban J connectivity index is 1.73. The van der Waals surface area contributed by atoms with Gasteiger partial charge in [-0.1, -0.05) is 30.3 Å². The van der Waals surface area contributed by atoms with E-state index in [0.717, 1.165) is 16.8 Å². The fourth-order valence-electron chi connectivity index (χ4n) is 2.39. The molecule has 3 amide bonds. The van der Waals surface area contributed by atoms with Gasteiger partial charge in [-0.15, -0.1) is 0 Å². The highest BCUT2D eigenvalue weighted by atomic mass is 16.5. The number of benzene rings is 2. The molecule has 2 rings (SSSR count). The monoisotopic (exact) mass is 383 g/mol. The zero-order chi connectivity index (χ0) is 20.5. The van der Waals surface area contributed by atoms with Crippen molar-refractivity contribution >= 4 is 23.4 Å². The minimum Gasteiger partial charge on any atom is -0.484 e. The van der Waals surface area contributed by atoms with E-state index in [4.69, 9.17) is 4.74 Å². The van der Waals surface area contributed by atoms with Crippen LogP contribution in [0.4, 0.5) is 5.69 Å². The molecule has 0 saturated heterocycles. The number of hydrogen-bond acceptors (Lipinski definition) is 4. The Bertz CT molecular complexity index is 837. The summed E-state index contributed by atoms with van der Waals surface area (Å²) in [6.07, 6.45) is 0. The number of anilines is 1. The molecule has 7 nitrogen and oxygen atoms in total. The highest BCUT2D eigenvalue weighted by molar-refractivity contribution is 5.95. The van der Waals surface area contributed by atoms with E-state index >= 15 is 0 Å². The van der Waals surface area contributed by atoms with E-state index in [9.17, 15) is 14.4 Å². The smallest absolute Gasteiger partial charge is 0.258 e. The maximum absolute atomic E-state index is 12.2. The van der Waals surface area contributed by atoms with Crippen LogP contribution in [0.1, 0.15) is 11.1 Å². The van der Waals surface area contributed by atoms with Crippen LogP contribution in [0.25, 0.3) is 0 Å². The zero-order valence-electron chi connectivity index (χ0n) is 16.3. The van der Waals surface area contributed by atoms with Crippen LogP contribution >= 0.6 is 0 Å². The van der Waals surface area contributed by atoms with Gasteiger partial charge in [0, 0.05) is 12.7 Å². The Kier molecular flexibility index (Phi) is 7.56. The van der Waals surface area contributed by atoms with Crippen LogP contribution in [0, 0.1) is 13.8 Å². The van der Waals surface area contributed by atoms with E-state index in [1.807, 2.05) is 38.1 Å². The zero-order valence-corrected chi connectivity index (χ0v) is 16.3. The molecule has 0 saturated carbocycles. The van der Waals surface area contributed by atoms with Gasteiger partial charge in [-0.3, -0.25) is 14.4 Å². The molecule has 28 heavy (non-hydrogen) atoms. The van der Waals surface area contributed by atoms with Gasteiger partial charge in [-0.05, 0) is 43.2 Å². The number of aryl methyl sites for hydroxylation is 2. The van der Waals surface area contributed by atoms with Crippen molar-refractivity contribution in [1.29, 1.82) is 0 Å². The SMILES string of the molecule is Cc1ccc(C)c(NC(=O)CN(C)C(=O)CNC(=O)COc2ccccc2)c1. The van der Waals surface area contributed by atoms with E-state index in [1.165, 1.54) is 11.9 Å². The fraction of sp³-hybridized carbons (Fsp3) is 0.286. The average molecular weight is 383 g/mol. The predicted octanol–water partition coefficient (Wildman–Crippen LogP) is 1.90. The minimum absolute atomic E-state index is 0.109. The van der Waals surface area contributed by atoms with Crippen molar-refractivity contribution in [1.82, 2.24) is 10.2 Å². The molecule has 148 valence electrons. The molecule has 0 aliphatic rings. The topological polar surface area (TPSA) is 87.7 Å². The Hall–Kier alpha value is -3.35. The average Bonchev–Trinajstić information content (AvgIpc) is 2.68. The molecular formula is C21H25N3O4. The molecule has 0 aliphatic carbocycles. The van der Waals surface area contributed by atoms with Crippen LogP contribution in [0.5, 0.6) is 5.75 Å². The molecular weight excluding hydrogens is 358 g/mol. The number of nitrogens with one attached hydrogen (secondary N) is 2. The lowest BCUT2D eigenvalue weighted by atomic mass is 10.1. The van der Waals surface area contributed by atoms with Crippen LogP contribution in [0.15, 0.2) is 48.5 Å². The molecule has 0 aromatic heterocycles. The number of likely N-dealkylation sites (N-methyl/N-ethyl adjacent to an activating group) is 1. The van der Waals surface area contributed by atoms with E-state index in [0.29, 0.717) is 5.75 Å². The number of rotatable bonds is 8. The molecule has 0 fully saturated rings. The van der Waals surface area contributed by atoms with Gasteiger partial charge in [0.2, 0.25) is 11.8 Å². The Labute approximate surface area is 164 Å². The number of amides is 3. The summed E-state index contributed by atoms with van der Waals surface area (Å²) in [4.78, 5) is 37.3. The van der Waals surface area contributed by atoms with Crippen LogP contribution in [-0.4, -0.2) is 49.4 Å². The molecule has 2 N–H and O–H groups in total. The molecule has 0 atom stereocenters. The normalized spacial score (nSPS) is 10.1. The summed E-state index contributed by atoms with van der Waals surface area (Å²) >= 11 is 0. The maximum atomic E-state index is 12.2. The summed E-state index contributed by atoms with van der Waals surface area (Å²) in [6, 6.07) is 14.7. The van der Waals surface area contributed by atoms with Gasteiger partial charge in [-0.25, -0.2) is 0 Å². The second kappa shape index (κ2) is 10.1. The van der Waals surface area contributed by atoms with Crippen LogP contribution in [-0.2, 0) is 14.4 Å². The van der Waals surface area contributed by atoms with Crippen LogP contribution in [0.3, 0.4) is 0 Å². The van der Waals surface area contributed by atoms with Crippen molar-refractivity contribution in [3.05, 3.63) is 59.7 Å². The van der Waals surface area contributed by atoms with Gasteiger partial charge >= 0.3 is 0 Å². The molecule has 0 unspecified atom stereocenters. The van der Waals surface area contributed by atoms with E-state index in [-0.39, 0.29) is 31.5 Å². The first-order valence-corrected chi connectivity index (χ1v) is 8.91. The standard InChI is InChI=1S/C21H25N3O4/c1-15-9-10-16(2)18(11-15)23-19(25)13-24(3)21(27)12-22-20(26)14-28-17-7-5-4-6-8-17/h4-11H,12-14H2,1-3H3,(H,22,26)(H,23,25). The summed E-state index contributed by atoms with van der Waals surface area (Å²) in [5, 5.41) is 5.29. The van der Waals surface area contributed by atoms with Crippen molar-refractivity contribution in [3.8, 4) is 5.75 Å². The van der Waals surface area contributed by atoms with E-state index in [1.54, 1.807) is 24.3 Å². The summed E-state index contributed by atoms with van der Waals surface area (Å²) in [6.45, 7) is 3.34.